The normalized spacial score (nSPS) is 14.8. The monoisotopic (exact) mass is 162 g/mol. The number of nitrogens with zero attached hydrogens (tertiary/aromatic N) is 1. The van der Waals surface area contributed by atoms with Crippen molar-refractivity contribution in [2.24, 2.45) is 0 Å². The molecule has 0 aliphatic carbocycles. The van der Waals surface area contributed by atoms with Gasteiger partial charge in [-0.05, 0) is 12.1 Å². The van der Waals surface area contributed by atoms with E-state index in [1.54, 1.807) is 11.5 Å². The van der Waals surface area contributed by atoms with Crippen molar-refractivity contribution in [2.45, 2.75) is 0 Å². The standard InChI is InChI=1S/C8H9BNO2/c1-10-6-7-4-2-3-5-8(7)12-9(10)11/h2-6,11H,1H3/q+1. The van der Waals surface area contributed by atoms with Crippen LogP contribution in [0.3, 0.4) is 0 Å². The van der Waals surface area contributed by atoms with Crippen molar-refractivity contribution in [3.8, 4) is 5.75 Å². The van der Waals surface area contributed by atoms with Gasteiger partial charge in [0.15, 0.2) is 6.21 Å². The van der Waals surface area contributed by atoms with Gasteiger partial charge in [-0.3, -0.25) is 4.49 Å². The first kappa shape index (κ1) is 7.37. The Morgan fingerprint density at radius 2 is 2.17 bits per heavy atom. The van der Waals surface area contributed by atoms with Crippen molar-refractivity contribution >= 4 is 13.5 Å². The van der Waals surface area contributed by atoms with Gasteiger partial charge in [0.25, 0.3) is 0 Å². The lowest BCUT2D eigenvalue weighted by Crippen LogP contribution is -2.38. The van der Waals surface area contributed by atoms with Crippen LogP contribution >= 0.6 is 0 Å². The Morgan fingerprint density at radius 1 is 1.42 bits per heavy atom. The number of benzene rings is 1. The van der Waals surface area contributed by atoms with Crippen LogP contribution in [0.15, 0.2) is 24.3 Å². The van der Waals surface area contributed by atoms with E-state index in [0.29, 0.717) is 0 Å². The summed E-state index contributed by atoms with van der Waals surface area (Å²) < 4.78 is 6.81. The minimum Gasteiger partial charge on any atom is -0.474 e. The molecule has 60 valence electrons. The van der Waals surface area contributed by atoms with E-state index in [-0.39, 0.29) is 0 Å². The number of hydrogen-bond donors (Lipinski definition) is 1. The Hall–Kier alpha value is -1.29. The van der Waals surface area contributed by atoms with Crippen molar-refractivity contribution in [1.29, 1.82) is 0 Å². The van der Waals surface area contributed by atoms with Crippen LogP contribution in [0.25, 0.3) is 0 Å². The van der Waals surface area contributed by atoms with E-state index in [9.17, 15) is 5.02 Å². The van der Waals surface area contributed by atoms with E-state index >= 15 is 0 Å². The topological polar surface area (TPSA) is 32.5 Å². The fourth-order valence-electron chi connectivity index (χ4n) is 1.17. The van der Waals surface area contributed by atoms with Crippen LogP contribution in [-0.2, 0) is 0 Å². The third-order valence-corrected chi connectivity index (χ3v) is 1.84. The smallest absolute Gasteiger partial charge is 0.474 e. The molecular formula is C8H9BNO2+. The minimum absolute atomic E-state index is 0.725. The van der Waals surface area contributed by atoms with Gasteiger partial charge in [-0.25, -0.2) is 0 Å². The predicted molar refractivity (Wildman–Crippen MR) is 46.4 cm³/mol. The summed E-state index contributed by atoms with van der Waals surface area (Å²) in [6, 6.07) is 7.59. The highest BCUT2D eigenvalue weighted by Crippen LogP contribution is 2.18. The molecule has 4 heteroatoms. The number of fused-ring (bicyclic) bond motifs is 1. The lowest BCUT2D eigenvalue weighted by Gasteiger charge is -2.11. The summed E-state index contributed by atoms with van der Waals surface area (Å²) in [7, 11) is 0.903. The molecule has 2 rings (SSSR count). The van der Waals surface area contributed by atoms with Crippen LogP contribution in [0, 0.1) is 0 Å². The van der Waals surface area contributed by atoms with E-state index in [1.807, 2.05) is 30.5 Å². The summed E-state index contributed by atoms with van der Waals surface area (Å²) >= 11 is 0. The molecule has 3 nitrogen and oxygen atoms in total. The van der Waals surface area contributed by atoms with Crippen molar-refractivity contribution in [3.63, 3.8) is 0 Å². The van der Waals surface area contributed by atoms with Gasteiger partial charge in [0.05, 0.1) is 5.56 Å². The van der Waals surface area contributed by atoms with E-state index < -0.39 is 7.25 Å². The fourth-order valence-corrected chi connectivity index (χ4v) is 1.17. The Morgan fingerprint density at radius 3 is 3.00 bits per heavy atom. The third-order valence-electron chi connectivity index (χ3n) is 1.84. The SMILES string of the molecule is C[N+]1=Cc2ccccc2OB1O. The molecule has 1 aliphatic heterocycles. The summed E-state index contributed by atoms with van der Waals surface area (Å²) in [6.07, 6.45) is 1.85. The highest BCUT2D eigenvalue weighted by Gasteiger charge is 2.36. The minimum atomic E-state index is -0.861. The molecule has 1 N–H and O–H groups in total. The Bertz CT molecular complexity index is 338. The largest absolute Gasteiger partial charge is 0.913 e. The molecule has 0 radical (unpaired) electrons. The van der Waals surface area contributed by atoms with Crippen LogP contribution in [-0.4, -0.2) is 30.0 Å². The highest BCUT2D eigenvalue weighted by molar-refractivity contribution is 6.35. The number of hydrogen-bond acceptors (Lipinski definition) is 2. The molecule has 0 saturated heterocycles. The van der Waals surface area contributed by atoms with Crippen LogP contribution in [0.4, 0.5) is 0 Å². The second-order valence-electron chi connectivity index (χ2n) is 2.78. The maximum Gasteiger partial charge on any atom is 0.913 e. The average Bonchev–Trinajstić information content (AvgIpc) is 2.07. The second-order valence-corrected chi connectivity index (χ2v) is 2.78. The second kappa shape index (κ2) is 2.64. The van der Waals surface area contributed by atoms with Crippen LogP contribution in [0.1, 0.15) is 5.56 Å². The zero-order valence-corrected chi connectivity index (χ0v) is 6.77. The molecule has 0 amide bonds. The van der Waals surface area contributed by atoms with Gasteiger partial charge in [-0.15, -0.1) is 0 Å². The van der Waals surface area contributed by atoms with Crippen LogP contribution in [0.5, 0.6) is 5.75 Å². The summed E-state index contributed by atoms with van der Waals surface area (Å²) in [5, 5.41) is 9.30. The maximum atomic E-state index is 9.30. The van der Waals surface area contributed by atoms with Gasteiger partial charge in [0, 0.05) is 0 Å². The van der Waals surface area contributed by atoms with Crippen molar-refractivity contribution in [3.05, 3.63) is 29.8 Å². The molecule has 12 heavy (non-hydrogen) atoms. The summed E-state index contributed by atoms with van der Waals surface area (Å²) in [5.41, 5.74) is 0.991. The van der Waals surface area contributed by atoms with Gasteiger partial charge in [0.2, 0.25) is 0 Å². The molecule has 1 heterocycles. The molecule has 1 aliphatic rings. The molecule has 0 fully saturated rings. The molecular weight excluding hydrogens is 153 g/mol. The van der Waals surface area contributed by atoms with Crippen LogP contribution < -0.4 is 4.65 Å². The first-order chi connectivity index (χ1) is 5.77. The van der Waals surface area contributed by atoms with Gasteiger partial charge in [-0.2, -0.15) is 0 Å². The zero-order chi connectivity index (χ0) is 8.55. The first-order valence-corrected chi connectivity index (χ1v) is 3.78. The molecule has 1 aromatic carbocycles. The summed E-state index contributed by atoms with van der Waals surface area (Å²) in [4.78, 5) is 0. The average molecular weight is 162 g/mol. The third kappa shape index (κ3) is 1.10. The van der Waals surface area contributed by atoms with E-state index in [4.69, 9.17) is 4.65 Å². The lowest BCUT2D eigenvalue weighted by molar-refractivity contribution is -0.379. The van der Waals surface area contributed by atoms with Gasteiger partial charge in [0.1, 0.15) is 12.8 Å². The van der Waals surface area contributed by atoms with Crippen molar-refractivity contribution < 1.29 is 14.2 Å². The molecule has 1 aromatic rings. The molecule has 0 bridgehead atoms. The highest BCUT2D eigenvalue weighted by atomic mass is 16.5. The van der Waals surface area contributed by atoms with Gasteiger partial charge >= 0.3 is 7.25 Å². The van der Waals surface area contributed by atoms with E-state index in [2.05, 4.69) is 0 Å². The van der Waals surface area contributed by atoms with E-state index in [1.165, 1.54) is 0 Å². The molecule has 0 aromatic heterocycles. The lowest BCUT2D eigenvalue weighted by atomic mass is 10.0. The molecule has 0 atom stereocenters. The zero-order valence-electron chi connectivity index (χ0n) is 6.77. The quantitative estimate of drug-likeness (QED) is 0.549. The van der Waals surface area contributed by atoms with Gasteiger partial charge in [-0.1, -0.05) is 12.1 Å². The summed E-state index contributed by atoms with van der Waals surface area (Å²) in [6.45, 7) is 0. The Labute approximate surface area is 71.1 Å². The molecule has 0 unspecified atom stereocenters. The van der Waals surface area contributed by atoms with E-state index in [0.717, 1.165) is 11.3 Å². The van der Waals surface area contributed by atoms with Gasteiger partial charge < -0.3 is 9.68 Å². The molecule has 0 saturated carbocycles. The Balaban J connectivity index is 2.49. The fraction of sp³-hybridized carbons (Fsp3) is 0.125. The Kier molecular flexibility index (Phi) is 1.62. The first-order valence-electron chi connectivity index (χ1n) is 3.78. The maximum absolute atomic E-state index is 9.30. The van der Waals surface area contributed by atoms with Crippen molar-refractivity contribution in [2.75, 3.05) is 7.05 Å². The molecule has 0 spiro atoms. The number of rotatable bonds is 0. The van der Waals surface area contributed by atoms with Crippen molar-refractivity contribution in [1.82, 2.24) is 0 Å². The summed E-state index contributed by atoms with van der Waals surface area (Å²) in [5.74, 6) is 0.725. The van der Waals surface area contributed by atoms with Crippen LogP contribution in [0.2, 0.25) is 0 Å². The number of para-hydroxylation sites is 1. The predicted octanol–water partition coefficient (Wildman–Crippen LogP) is 0.117.